The zero-order chi connectivity index (χ0) is 19.8. The predicted molar refractivity (Wildman–Crippen MR) is 95.6 cm³/mol. The number of aromatic nitrogens is 4. The number of urea groups is 1. The molecular formula is C16H19ClN6O4. The van der Waals surface area contributed by atoms with Crippen LogP contribution in [-0.4, -0.2) is 50.8 Å². The minimum Gasteiger partial charge on any atom is -0.454 e. The molecule has 0 aliphatic carbocycles. The van der Waals surface area contributed by atoms with Crippen LogP contribution in [0.4, 0.5) is 4.79 Å². The number of nitrogens with zero attached hydrogens (tertiary/aromatic N) is 4. The second-order valence-electron chi connectivity index (χ2n) is 5.64. The van der Waals surface area contributed by atoms with Crippen molar-refractivity contribution in [2.45, 2.75) is 32.9 Å². The van der Waals surface area contributed by atoms with E-state index in [2.05, 4.69) is 26.0 Å². The van der Waals surface area contributed by atoms with E-state index >= 15 is 0 Å². The monoisotopic (exact) mass is 394 g/mol. The number of amides is 3. The largest absolute Gasteiger partial charge is 0.454 e. The molecule has 1 atom stereocenters. The van der Waals surface area contributed by atoms with Crippen molar-refractivity contribution in [2.75, 3.05) is 6.61 Å². The summed E-state index contributed by atoms with van der Waals surface area (Å²) in [5.74, 6) is -1.16. The summed E-state index contributed by atoms with van der Waals surface area (Å²) >= 11 is 5.82. The lowest BCUT2D eigenvalue weighted by Gasteiger charge is -2.11. The first-order chi connectivity index (χ1) is 12.9. The molecule has 0 fully saturated rings. The summed E-state index contributed by atoms with van der Waals surface area (Å²) in [5.41, 5.74) is 0.686. The lowest BCUT2D eigenvalue weighted by molar-refractivity contribution is -0.149. The maximum Gasteiger partial charge on any atom is 0.330 e. The van der Waals surface area contributed by atoms with Crippen molar-refractivity contribution in [1.29, 1.82) is 0 Å². The number of carbonyl (C=O) groups is 3. The van der Waals surface area contributed by atoms with Gasteiger partial charge in [0.15, 0.2) is 13.2 Å². The van der Waals surface area contributed by atoms with Crippen molar-refractivity contribution in [3.05, 3.63) is 29.3 Å². The molecule has 0 spiro atoms. The first-order valence-corrected chi connectivity index (χ1v) is 8.55. The van der Waals surface area contributed by atoms with Crippen molar-refractivity contribution in [1.82, 2.24) is 30.8 Å². The third-order valence-corrected chi connectivity index (χ3v) is 3.68. The molecule has 10 nitrogen and oxygen atoms in total. The number of esters is 1. The Balaban J connectivity index is 1.78. The molecule has 1 aromatic heterocycles. The summed E-state index contributed by atoms with van der Waals surface area (Å²) < 4.78 is 4.79. The van der Waals surface area contributed by atoms with Gasteiger partial charge in [-0.3, -0.25) is 10.1 Å². The summed E-state index contributed by atoms with van der Waals surface area (Å²) in [5, 5.41) is 16.8. The summed E-state index contributed by atoms with van der Waals surface area (Å²) in [7, 11) is 0. The molecule has 0 aliphatic heterocycles. The van der Waals surface area contributed by atoms with E-state index in [-0.39, 0.29) is 12.6 Å². The van der Waals surface area contributed by atoms with Gasteiger partial charge in [0.05, 0.1) is 0 Å². The Morgan fingerprint density at radius 1 is 1.26 bits per heavy atom. The van der Waals surface area contributed by atoms with E-state index in [9.17, 15) is 14.4 Å². The molecule has 144 valence electrons. The number of halogens is 1. The molecule has 0 saturated heterocycles. The van der Waals surface area contributed by atoms with Crippen LogP contribution in [-0.2, 0) is 20.9 Å². The van der Waals surface area contributed by atoms with Gasteiger partial charge in [-0.1, -0.05) is 18.5 Å². The van der Waals surface area contributed by atoms with Crippen LogP contribution in [0.2, 0.25) is 5.02 Å². The van der Waals surface area contributed by atoms with E-state index in [0.29, 0.717) is 16.4 Å². The van der Waals surface area contributed by atoms with Crippen LogP contribution in [0, 0.1) is 0 Å². The Kier molecular flexibility index (Phi) is 7.24. The number of ether oxygens (including phenoxy) is 1. The third-order valence-electron chi connectivity index (χ3n) is 3.43. The number of tetrazole rings is 1. The van der Waals surface area contributed by atoms with E-state index in [1.807, 2.05) is 6.92 Å². The Hall–Kier alpha value is -3.01. The summed E-state index contributed by atoms with van der Waals surface area (Å²) in [4.78, 5) is 35.9. The molecule has 27 heavy (non-hydrogen) atoms. The molecule has 0 unspecified atom stereocenters. The number of imide groups is 1. The molecule has 2 N–H and O–H groups in total. The van der Waals surface area contributed by atoms with Crippen LogP contribution in [0.5, 0.6) is 0 Å². The highest BCUT2D eigenvalue weighted by atomic mass is 35.5. The van der Waals surface area contributed by atoms with Crippen LogP contribution in [0.3, 0.4) is 0 Å². The standard InChI is InChI=1S/C16H19ClN6O4/c1-3-10(2)18-16(26)19-13(24)9-27-14(25)8-23-21-15(20-22-23)11-4-6-12(17)7-5-11/h4-7,10H,3,8-9H2,1-2H3,(H2,18,19,24,26)/t10-/m0/s1. The van der Waals surface area contributed by atoms with Gasteiger partial charge in [-0.15, -0.1) is 10.2 Å². The van der Waals surface area contributed by atoms with E-state index in [1.54, 1.807) is 31.2 Å². The molecule has 3 amide bonds. The number of carbonyl (C=O) groups excluding carboxylic acids is 3. The molecule has 0 saturated carbocycles. The first-order valence-electron chi connectivity index (χ1n) is 8.17. The lowest BCUT2D eigenvalue weighted by atomic mass is 10.2. The fraction of sp³-hybridized carbons (Fsp3) is 0.375. The zero-order valence-electron chi connectivity index (χ0n) is 14.8. The Labute approximate surface area is 160 Å². The van der Waals surface area contributed by atoms with Crippen LogP contribution >= 0.6 is 11.6 Å². The lowest BCUT2D eigenvalue weighted by Crippen LogP contribution is -2.44. The van der Waals surface area contributed by atoms with Gasteiger partial charge in [0.25, 0.3) is 5.91 Å². The normalized spacial score (nSPS) is 11.5. The Morgan fingerprint density at radius 2 is 1.96 bits per heavy atom. The average Bonchev–Trinajstić information content (AvgIpc) is 3.08. The minimum absolute atomic E-state index is 0.0754. The second-order valence-corrected chi connectivity index (χ2v) is 6.08. The average molecular weight is 395 g/mol. The third kappa shape index (κ3) is 6.66. The van der Waals surface area contributed by atoms with Crippen LogP contribution in [0.1, 0.15) is 20.3 Å². The number of rotatable bonds is 7. The van der Waals surface area contributed by atoms with E-state index in [4.69, 9.17) is 16.3 Å². The second kappa shape index (κ2) is 9.62. The molecule has 1 heterocycles. The SMILES string of the molecule is CC[C@H](C)NC(=O)NC(=O)COC(=O)Cn1nnc(-c2ccc(Cl)cc2)n1. The van der Waals surface area contributed by atoms with Gasteiger partial charge < -0.3 is 10.1 Å². The van der Waals surface area contributed by atoms with E-state index < -0.39 is 24.5 Å². The summed E-state index contributed by atoms with van der Waals surface area (Å²) in [6.07, 6.45) is 0.722. The van der Waals surface area contributed by atoms with Gasteiger partial charge in [0.2, 0.25) is 5.82 Å². The van der Waals surface area contributed by atoms with Crippen LogP contribution in [0.25, 0.3) is 11.4 Å². The highest BCUT2D eigenvalue weighted by molar-refractivity contribution is 6.30. The fourth-order valence-corrected chi connectivity index (χ4v) is 1.98. The van der Waals surface area contributed by atoms with Crippen LogP contribution < -0.4 is 10.6 Å². The summed E-state index contributed by atoms with van der Waals surface area (Å²) in [6, 6.07) is 6.08. The molecule has 0 radical (unpaired) electrons. The van der Waals surface area contributed by atoms with Gasteiger partial charge in [-0.05, 0) is 42.8 Å². The predicted octanol–water partition coefficient (Wildman–Crippen LogP) is 1.16. The quantitative estimate of drug-likeness (QED) is 0.674. The number of hydrogen-bond acceptors (Lipinski definition) is 7. The molecule has 2 rings (SSSR count). The number of benzene rings is 1. The topological polar surface area (TPSA) is 128 Å². The molecular weight excluding hydrogens is 376 g/mol. The number of hydrogen-bond donors (Lipinski definition) is 2. The fourth-order valence-electron chi connectivity index (χ4n) is 1.86. The van der Waals surface area contributed by atoms with Crippen molar-refractivity contribution >= 4 is 29.5 Å². The maximum atomic E-state index is 11.8. The highest BCUT2D eigenvalue weighted by Crippen LogP contribution is 2.16. The van der Waals surface area contributed by atoms with Gasteiger partial charge in [0.1, 0.15) is 0 Å². The minimum atomic E-state index is -0.743. The zero-order valence-corrected chi connectivity index (χ0v) is 15.6. The molecule has 0 aliphatic rings. The van der Waals surface area contributed by atoms with Crippen molar-refractivity contribution in [3.63, 3.8) is 0 Å². The van der Waals surface area contributed by atoms with E-state index in [1.165, 1.54) is 0 Å². The Morgan fingerprint density at radius 3 is 2.63 bits per heavy atom. The van der Waals surface area contributed by atoms with Crippen LogP contribution in [0.15, 0.2) is 24.3 Å². The first kappa shape index (κ1) is 20.3. The van der Waals surface area contributed by atoms with Crippen molar-refractivity contribution in [3.8, 4) is 11.4 Å². The molecule has 2 aromatic rings. The summed E-state index contributed by atoms with van der Waals surface area (Å²) in [6.45, 7) is 2.77. The Bertz CT molecular complexity index is 807. The molecule has 1 aromatic carbocycles. The van der Waals surface area contributed by atoms with Gasteiger partial charge in [0, 0.05) is 16.6 Å². The van der Waals surface area contributed by atoms with Gasteiger partial charge in [-0.2, -0.15) is 4.80 Å². The van der Waals surface area contributed by atoms with Gasteiger partial charge >= 0.3 is 12.0 Å². The van der Waals surface area contributed by atoms with Gasteiger partial charge in [-0.25, -0.2) is 9.59 Å². The van der Waals surface area contributed by atoms with E-state index in [0.717, 1.165) is 11.2 Å². The van der Waals surface area contributed by atoms with Crippen molar-refractivity contribution < 1.29 is 19.1 Å². The highest BCUT2D eigenvalue weighted by Gasteiger charge is 2.14. The number of nitrogens with one attached hydrogen (secondary N) is 2. The van der Waals surface area contributed by atoms with Crippen molar-refractivity contribution in [2.24, 2.45) is 0 Å². The molecule has 0 bridgehead atoms. The molecule has 11 heteroatoms. The smallest absolute Gasteiger partial charge is 0.330 e. The maximum absolute atomic E-state index is 11.8.